The monoisotopic (exact) mass is 199 g/mol. The SMILES string of the molecule is Cc1cc(CNC(CO)CO)n(C)n1. The van der Waals surface area contributed by atoms with Gasteiger partial charge >= 0.3 is 0 Å². The number of hydrogen-bond donors (Lipinski definition) is 3. The second-order valence-electron chi connectivity index (χ2n) is 3.34. The normalized spacial score (nSPS) is 11.2. The van der Waals surface area contributed by atoms with E-state index in [1.54, 1.807) is 4.68 Å². The van der Waals surface area contributed by atoms with Gasteiger partial charge in [0.15, 0.2) is 0 Å². The lowest BCUT2D eigenvalue weighted by Gasteiger charge is -2.12. The highest BCUT2D eigenvalue weighted by Gasteiger charge is 2.06. The van der Waals surface area contributed by atoms with Crippen molar-refractivity contribution in [2.24, 2.45) is 7.05 Å². The van der Waals surface area contributed by atoms with Crippen LogP contribution in [-0.4, -0.2) is 39.2 Å². The number of aliphatic hydroxyl groups is 2. The van der Waals surface area contributed by atoms with Crippen LogP contribution in [0.25, 0.3) is 0 Å². The molecule has 5 heteroatoms. The zero-order valence-corrected chi connectivity index (χ0v) is 8.56. The lowest BCUT2D eigenvalue weighted by atomic mass is 10.3. The van der Waals surface area contributed by atoms with Crippen LogP contribution in [0.5, 0.6) is 0 Å². The zero-order valence-electron chi connectivity index (χ0n) is 8.56. The number of aliphatic hydroxyl groups excluding tert-OH is 2. The molecule has 0 aromatic carbocycles. The largest absolute Gasteiger partial charge is 0.395 e. The van der Waals surface area contributed by atoms with E-state index >= 15 is 0 Å². The number of rotatable bonds is 5. The quantitative estimate of drug-likeness (QED) is 0.579. The molecule has 0 amide bonds. The molecule has 0 saturated carbocycles. The molecule has 0 atom stereocenters. The maximum Gasteiger partial charge on any atom is 0.0607 e. The van der Waals surface area contributed by atoms with Gasteiger partial charge in [-0.05, 0) is 13.0 Å². The zero-order chi connectivity index (χ0) is 10.6. The predicted molar refractivity (Wildman–Crippen MR) is 52.7 cm³/mol. The molecule has 0 unspecified atom stereocenters. The number of hydrogen-bond acceptors (Lipinski definition) is 4. The van der Waals surface area contributed by atoms with E-state index in [9.17, 15) is 0 Å². The van der Waals surface area contributed by atoms with Gasteiger partial charge in [-0.2, -0.15) is 5.10 Å². The minimum atomic E-state index is -0.259. The molecule has 0 fully saturated rings. The van der Waals surface area contributed by atoms with Crippen molar-refractivity contribution in [1.82, 2.24) is 15.1 Å². The third-order valence-electron chi connectivity index (χ3n) is 2.11. The Bertz CT molecular complexity index is 282. The molecule has 0 bridgehead atoms. The highest BCUT2D eigenvalue weighted by atomic mass is 16.3. The predicted octanol–water partition coefficient (Wildman–Crippen LogP) is -0.829. The smallest absolute Gasteiger partial charge is 0.0607 e. The average molecular weight is 199 g/mol. The standard InChI is InChI=1S/C9H17N3O2/c1-7-3-9(12(2)11-7)4-10-8(5-13)6-14/h3,8,10,13-14H,4-6H2,1-2H3. The van der Waals surface area contributed by atoms with Crippen molar-refractivity contribution in [2.45, 2.75) is 19.5 Å². The maximum atomic E-state index is 8.83. The van der Waals surface area contributed by atoms with Crippen LogP contribution < -0.4 is 5.32 Å². The Morgan fingerprint density at radius 3 is 2.57 bits per heavy atom. The van der Waals surface area contributed by atoms with E-state index in [1.807, 2.05) is 20.0 Å². The van der Waals surface area contributed by atoms with Gasteiger partial charge in [-0.3, -0.25) is 4.68 Å². The molecule has 5 nitrogen and oxygen atoms in total. The van der Waals surface area contributed by atoms with Crippen molar-refractivity contribution in [3.05, 3.63) is 17.5 Å². The van der Waals surface area contributed by atoms with Gasteiger partial charge < -0.3 is 15.5 Å². The fraction of sp³-hybridized carbons (Fsp3) is 0.667. The summed E-state index contributed by atoms with van der Waals surface area (Å²) in [6.45, 7) is 2.41. The fourth-order valence-electron chi connectivity index (χ4n) is 1.27. The van der Waals surface area contributed by atoms with E-state index in [4.69, 9.17) is 10.2 Å². The summed E-state index contributed by atoms with van der Waals surface area (Å²) in [6, 6.07) is 1.71. The van der Waals surface area contributed by atoms with Crippen LogP contribution in [0.2, 0.25) is 0 Å². The van der Waals surface area contributed by atoms with Crippen LogP contribution >= 0.6 is 0 Å². The van der Waals surface area contributed by atoms with E-state index in [0.29, 0.717) is 6.54 Å². The van der Waals surface area contributed by atoms with Gasteiger partial charge in [-0.25, -0.2) is 0 Å². The van der Waals surface area contributed by atoms with E-state index in [1.165, 1.54) is 0 Å². The topological polar surface area (TPSA) is 70.3 Å². The Hall–Kier alpha value is -0.910. The molecule has 14 heavy (non-hydrogen) atoms. The molecule has 0 saturated heterocycles. The summed E-state index contributed by atoms with van der Waals surface area (Å²) in [5.74, 6) is 0. The van der Waals surface area contributed by atoms with Gasteiger partial charge in [0.25, 0.3) is 0 Å². The Morgan fingerprint density at radius 2 is 2.14 bits per heavy atom. The lowest BCUT2D eigenvalue weighted by molar-refractivity contribution is 0.169. The molecule has 80 valence electrons. The van der Waals surface area contributed by atoms with Gasteiger partial charge in [-0.15, -0.1) is 0 Å². The van der Waals surface area contributed by atoms with Gasteiger partial charge in [0.2, 0.25) is 0 Å². The van der Waals surface area contributed by atoms with Crippen molar-refractivity contribution in [3.63, 3.8) is 0 Å². The highest BCUT2D eigenvalue weighted by molar-refractivity contribution is 5.08. The molecule has 1 heterocycles. The Kier molecular flexibility index (Phi) is 4.06. The van der Waals surface area contributed by atoms with E-state index < -0.39 is 0 Å². The molecule has 0 aliphatic rings. The summed E-state index contributed by atoms with van der Waals surface area (Å²) < 4.78 is 1.79. The first-order valence-electron chi connectivity index (χ1n) is 4.62. The van der Waals surface area contributed by atoms with Crippen LogP contribution in [0.4, 0.5) is 0 Å². The van der Waals surface area contributed by atoms with E-state index in [0.717, 1.165) is 11.4 Å². The molecule has 1 rings (SSSR count). The van der Waals surface area contributed by atoms with Crippen molar-refractivity contribution >= 4 is 0 Å². The molecule has 0 spiro atoms. The van der Waals surface area contributed by atoms with Crippen LogP contribution in [0, 0.1) is 6.92 Å². The van der Waals surface area contributed by atoms with E-state index in [2.05, 4.69) is 10.4 Å². The molecular formula is C9H17N3O2. The molecule has 3 N–H and O–H groups in total. The first kappa shape index (κ1) is 11.2. The van der Waals surface area contributed by atoms with Gasteiger partial charge in [-0.1, -0.05) is 0 Å². The van der Waals surface area contributed by atoms with Crippen LogP contribution in [0.1, 0.15) is 11.4 Å². The molecule has 0 aliphatic carbocycles. The summed E-state index contributed by atoms with van der Waals surface area (Å²) >= 11 is 0. The maximum absolute atomic E-state index is 8.83. The Balaban J connectivity index is 2.48. The summed E-state index contributed by atoms with van der Waals surface area (Å²) in [5.41, 5.74) is 2.00. The third kappa shape index (κ3) is 2.80. The number of nitrogens with one attached hydrogen (secondary N) is 1. The summed E-state index contributed by atoms with van der Waals surface area (Å²) in [7, 11) is 1.87. The van der Waals surface area contributed by atoms with Gasteiger partial charge in [0.1, 0.15) is 0 Å². The van der Waals surface area contributed by atoms with E-state index in [-0.39, 0.29) is 19.3 Å². The highest BCUT2D eigenvalue weighted by Crippen LogP contribution is 2.01. The average Bonchev–Trinajstić information content (AvgIpc) is 2.47. The molecule has 1 aromatic heterocycles. The van der Waals surface area contributed by atoms with Crippen molar-refractivity contribution < 1.29 is 10.2 Å². The van der Waals surface area contributed by atoms with Crippen LogP contribution in [-0.2, 0) is 13.6 Å². The number of aromatic nitrogens is 2. The fourth-order valence-corrected chi connectivity index (χ4v) is 1.27. The Morgan fingerprint density at radius 1 is 1.50 bits per heavy atom. The first-order chi connectivity index (χ1) is 6.67. The first-order valence-corrected chi connectivity index (χ1v) is 4.62. The molecule has 0 radical (unpaired) electrons. The Labute approximate surface area is 83.4 Å². The van der Waals surface area contributed by atoms with Crippen LogP contribution in [0.3, 0.4) is 0 Å². The molecular weight excluding hydrogens is 182 g/mol. The van der Waals surface area contributed by atoms with Crippen molar-refractivity contribution in [3.8, 4) is 0 Å². The molecule has 0 aliphatic heterocycles. The van der Waals surface area contributed by atoms with Crippen molar-refractivity contribution in [2.75, 3.05) is 13.2 Å². The minimum absolute atomic E-state index is 0.0622. The molecule has 1 aromatic rings. The third-order valence-corrected chi connectivity index (χ3v) is 2.11. The summed E-state index contributed by atoms with van der Waals surface area (Å²) in [4.78, 5) is 0. The minimum Gasteiger partial charge on any atom is -0.395 e. The summed E-state index contributed by atoms with van der Waals surface area (Å²) in [6.07, 6.45) is 0. The number of aryl methyl sites for hydroxylation is 2. The second-order valence-corrected chi connectivity index (χ2v) is 3.34. The summed E-state index contributed by atoms with van der Waals surface area (Å²) in [5, 5.41) is 24.9. The van der Waals surface area contributed by atoms with Gasteiger partial charge in [0.05, 0.1) is 30.6 Å². The second kappa shape index (κ2) is 5.09. The lowest BCUT2D eigenvalue weighted by Crippen LogP contribution is -2.35. The van der Waals surface area contributed by atoms with Crippen molar-refractivity contribution in [1.29, 1.82) is 0 Å². The van der Waals surface area contributed by atoms with Gasteiger partial charge in [0, 0.05) is 13.6 Å². The number of nitrogens with zero attached hydrogens (tertiary/aromatic N) is 2. The van der Waals surface area contributed by atoms with Crippen LogP contribution in [0.15, 0.2) is 6.07 Å².